The summed E-state index contributed by atoms with van der Waals surface area (Å²) in [5, 5.41) is 0. The van der Waals surface area contributed by atoms with Gasteiger partial charge in [0.2, 0.25) is 6.33 Å². The Hall–Kier alpha value is -1.57. The fraction of sp³-hybridized carbons (Fsp3) is 0.500. The zero-order valence-electron chi connectivity index (χ0n) is 12.8. The Kier molecular flexibility index (Phi) is 7.26. The van der Waals surface area contributed by atoms with Crippen molar-refractivity contribution in [3.8, 4) is 0 Å². The van der Waals surface area contributed by atoms with Crippen LogP contribution in [0.5, 0.6) is 0 Å². The van der Waals surface area contributed by atoms with E-state index in [-0.39, 0.29) is 0 Å². The van der Waals surface area contributed by atoms with Crippen molar-refractivity contribution in [2.75, 3.05) is 0 Å². The minimum absolute atomic E-state index is 1.88. The molecule has 1 aromatic heterocycles. The number of halogens is 9. The largest absolute Gasteiger partial charge is 0.470 e. The zero-order chi connectivity index (χ0) is 23.0. The van der Waals surface area contributed by atoms with Crippen LogP contribution in [-0.4, -0.2) is 46.8 Å². The monoisotopic (exact) mass is 494 g/mol. The number of aromatic amines is 1. The van der Waals surface area contributed by atoms with Crippen LogP contribution < -0.4 is 4.57 Å². The van der Waals surface area contributed by atoms with Crippen LogP contribution in [0.4, 0.5) is 39.5 Å². The van der Waals surface area contributed by atoms with Gasteiger partial charge < -0.3 is 0 Å². The molecule has 0 aliphatic rings. The van der Waals surface area contributed by atoms with Gasteiger partial charge in [-0.3, -0.25) is 30.2 Å². The van der Waals surface area contributed by atoms with E-state index in [1.165, 1.54) is 0 Å². The predicted molar refractivity (Wildman–Crippen MR) is 70.1 cm³/mol. The van der Waals surface area contributed by atoms with Gasteiger partial charge >= 0.3 is 16.5 Å². The van der Waals surface area contributed by atoms with Crippen molar-refractivity contribution in [3.63, 3.8) is 0 Å². The van der Waals surface area contributed by atoms with E-state index in [1.54, 1.807) is 0 Å². The molecule has 1 N–H and O–H groups in total. The highest BCUT2D eigenvalue weighted by molar-refractivity contribution is 8.29. The van der Waals surface area contributed by atoms with Gasteiger partial charge in [-0.15, -0.1) is 0 Å². The molecule has 0 aliphatic carbocycles. The maximum Gasteiger partial charge on any atom is 0.470 e. The van der Waals surface area contributed by atoms with Gasteiger partial charge in [-0.05, 0) is 0 Å². The third kappa shape index (κ3) is 5.27. The van der Waals surface area contributed by atoms with E-state index < -0.39 is 50.0 Å². The summed E-state index contributed by atoms with van der Waals surface area (Å²) in [7, 11) is -22.1. The Morgan fingerprint density at radius 1 is 0.714 bits per heavy atom. The van der Waals surface area contributed by atoms with Crippen LogP contribution in [0.15, 0.2) is 18.7 Å². The van der Waals surface area contributed by atoms with E-state index in [9.17, 15) is 64.8 Å². The summed E-state index contributed by atoms with van der Waals surface area (Å²) >= 11 is 0. The number of sulfone groups is 3. The van der Waals surface area contributed by atoms with E-state index in [2.05, 4.69) is 4.98 Å². The standard InChI is InChI=1S/C4F9O6S3.C4H6N2/c5-2(6,7)20(14,15)1(21(16,17)3(8,9)10)22(18,19)4(11,12)13;1-6-3-2-5-4-6/h;2-4H,1H3/q-1;/p+1. The molecule has 28 heavy (non-hydrogen) atoms. The molecule has 166 valence electrons. The third-order valence-electron chi connectivity index (χ3n) is 2.26. The van der Waals surface area contributed by atoms with Gasteiger partial charge in [0.1, 0.15) is 12.4 Å². The maximum atomic E-state index is 12.0. The molecule has 1 heterocycles. The lowest BCUT2D eigenvalue weighted by molar-refractivity contribution is -0.670. The second-order valence-corrected chi connectivity index (χ2v) is 10.8. The molecule has 0 aliphatic heterocycles. The molecule has 0 atom stereocenters. The first-order valence-electron chi connectivity index (χ1n) is 5.80. The smallest absolute Gasteiger partial charge is 0.251 e. The second kappa shape index (κ2) is 7.69. The summed E-state index contributed by atoms with van der Waals surface area (Å²) in [4.78, 5) is 2.89. The van der Waals surface area contributed by atoms with Crippen molar-refractivity contribution in [2.45, 2.75) is 16.5 Å². The number of aryl methyl sites for hydroxylation is 1. The molecule has 0 saturated heterocycles. The van der Waals surface area contributed by atoms with E-state index in [0.717, 1.165) is 0 Å². The van der Waals surface area contributed by atoms with Gasteiger partial charge in [0.15, 0.2) is 29.5 Å². The van der Waals surface area contributed by atoms with Crippen LogP contribution in [0.25, 0.3) is 0 Å². The van der Waals surface area contributed by atoms with E-state index in [4.69, 9.17) is 0 Å². The number of hydrogen-bond donors (Lipinski definition) is 1. The number of rotatable bonds is 3. The number of aromatic nitrogens is 2. The molecule has 8 nitrogen and oxygen atoms in total. The highest BCUT2D eigenvalue weighted by Gasteiger charge is 2.63. The van der Waals surface area contributed by atoms with Gasteiger partial charge in [-0.25, -0.2) is 4.57 Å². The Bertz CT molecular complexity index is 868. The average molecular weight is 494 g/mol. The highest BCUT2D eigenvalue weighted by Crippen LogP contribution is 2.47. The normalized spacial score (nSPS) is 14.5. The van der Waals surface area contributed by atoms with Gasteiger partial charge in [-0.1, -0.05) is 0 Å². The van der Waals surface area contributed by atoms with E-state index >= 15 is 0 Å². The van der Waals surface area contributed by atoms with E-state index in [0.29, 0.717) is 0 Å². The summed E-state index contributed by atoms with van der Waals surface area (Å²) in [6.45, 7) is 0. The quantitative estimate of drug-likeness (QED) is 0.381. The van der Waals surface area contributed by atoms with Crippen LogP contribution in [0, 0.1) is 3.91 Å². The fourth-order valence-corrected chi connectivity index (χ4v) is 6.82. The molecule has 20 heteroatoms. The lowest BCUT2D eigenvalue weighted by atomic mass is 10.9. The summed E-state index contributed by atoms with van der Waals surface area (Å²) in [6.07, 6.45) is 5.69. The molecule has 0 radical (unpaired) electrons. The van der Waals surface area contributed by atoms with Gasteiger partial charge in [0.25, 0.3) is 0 Å². The molecular weight excluding hydrogens is 487 g/mol. The average Bonchev–Trinajstić information content (AvgIpc) is 2.85. The molecule has 0 bridgehead atoms. The predicted octanol–water partition coefficient (Wildman–Crippen LogP) is 1.08. The summed E-state index contributed by atoms with van der Waals surface area (Å²) < 4.78 is 169. The van der Waals surface area contributed by atoms with Crippen molar-refractivity contribution in [2.24, 2.45) is 7.05 Å². The van der Waals surface area contributed by atoms with Crippen LogP contribution in [0.1, 0.15) is 0 Å². The molecule has 1 aromatic rings. The Labute approximate surface area is 150 Å². The first kappa shape index (κ1) is 26.4. The number of nitrogens with zero attached hydrogens (tertiary/aromatic N) is 1. The second-order valence-electron chi connectivity index (χ2n) is 4.37. The fourth-order valence-electron chi connectivity index (χ4n) is 1.08. The molecule has 0 amide bonds. The van der Waals surface area contributed by atoms with Crippen LogP contribution in [0.2, 0.25) is 0 Å². The van der Waals surface area contributed by atoms with Crippen molar-refractivity contribution >= 4 is 29.5 Å². The van der Waals surface area contributed by atoms with Gasteiger partial charge in [0, 0.05) is 0 Å². The number of nitrogens with one attached hydrogen (secondary N) is 1. The molecule has 0 unspecified atom stereocenters. The van der Waals surface area contributed by atoms with Gasteiger partial charge in [0.05, 0.1) is 11.0 Å². The van der Waals surface area contributed by atoms with Crippen molar-refractivity contribution in [1.29, 1.82) is 0 Å². The van der Waals surface area contributed by atoms with Crippen molar-refractivity contribution < 1.29 is 69.3 Å². The van der Waals surface area contributed by atoms with Crippen molar-refractivity contribution in [3.05, 3.63) is 22.6 Å². The number of hydrogen-bond acceptors (Lipinski definition) is 6. The number of alkyl halides is 9. The van der Waals surface area contributed by atoms with E-state index in [1.807, 2.05) is 30.3 Å². The molecule has 0 aromatic carbocycles. The molecule has 1 rings (SSSR count). The first-order valence-corrected chi connectivity index (χ1v) is 10.2. The number of imidazole rings is 1. The zero-order valence-corrected chi connectivity index (χ0v) is 15.2. The van der Waals surface area contributed by atoms with Crippen LogP contribution in [0.3, 0.4) is 0 Å². The molecular formula is C8H7F9N2O6S3. The Morgan fingerprint density at radius 3 is 1.11 bits per heavy atom. The summed E-state index contributed by atoms with van der Waals surface area (Å²) in [6, 6.07) is 0. The van der Waals surface area contributed by atoms with Crippen LogP contribution >= 0.6 is 0 Å². The minimum Gasteiger partial charge on any atom is -0.251 e. The van der Waals surface area contributed by atoms with Crippen LogP contribution in [-0.2, 0) is 36.6 Å². The molecule has 0 spiro atoms. The SMILES string of the molecule is C[n+]1cc[nH]c1.O=S(=O)([C-](S(=O)(=O)C(F)(F)F)S(=O)(=O)C(F)(F)F)C(F)(F)F. The Morgan fingerprint density at radius 2 is 1.00 bits per heavy atom. The van der Waals surface area contributed by atoms with Gasteiger partial charge in [-0.2, -0.15) is 39.5 Å². The Balaban J connectivity index is 0.00000102. The maximum absolute atomic E-state index is 12.0. The lowest BCUT2D eigenvalue weighted by Gasteiger charge is -2.31. The topological polar surface area (TPSA) is 122 Å². The summed E-state index contributed by atoms with van der Waals surface area (Å²) in [5.74, 6) is 0. The number of H-pyrrole nitrogens is 1. The molecule has 0 saturated carbocycles. The molecule has 0 fully saturated rings. The third-order valence-corrected chi connectivity index (χ3v) is 9.35. The lowest BCUT2D eigenvalue weighted by Crippen LogP contribution is -2.47. The van der Waals surface area contributed by atoms with Crippen molar-refractivity contribution in [1.82, 2.24) is 4.98 Å². The minimum atomic E-state index is -8.02. The first-order chi connectivity index (χ1) is 12.0. The summed E-state index contributed by atoms with van der Waals surface area (Å²) in [5.41, 5.74) is -21.2. The highest BCUT2D eigenvalue weighted by atomic mass is 32.3.